The van der Waals surface area contributed by atoms with Crippen LogP contribution in [0.3, 0.4) is 0 Å². The van der Waals surface area contributed by atoms with Crippen LogP contribution in [0.2, 0.25) is 0 Å². The van der Waals surface area contributed by atoms with Crippen LogP contribution in [0.25, 0.3) is 0 Å². The standard InChI is InChI=1S/C8H10Cl8O3/c1-5(9,17-3-7(11,12)13)19-6(2,10)18-4-8(14,15)16/h3-4H2,1-2H3. The Morgan fingerprint density at radius 1 is 0.632 bits per heavy atom. The predicted octanol–water partition coefficient (Wildman–Crippen LogP) is 5.60. The van der Waals surface area contributed by atoms with Crippen LogP contribution in [0.1, 0.15) is 13.8 Å². The van der Waals surface area contributed by atoms with Gasteiger partial charge in [-0.15, -0.1) is 0 Å². The Labute approximate surface area is 151 Å². The molecule has 3 nitrogen and oxygen atoms in total. The lowest BCUT2D eigenvalue weighted by atomic mass is 10.6. The Kier molecular flexibility index (Phi) is 8.54. The van der Waals surface area contributed by atoms with Crippen molar-refractivity contribution >= 4 is 92.8 Å². The van der Waals surface area contributed by atoms with Gasteiger partial charge in [0, 0.05) is 13.8 Å². The van der Waals surface area contributed by atoms with Gasteiger partial charge in [0.2, 0.25) is 18.1 Å². The minimum Gasteiger partial charge on any atom is -0.333 e. The largest absolute Gasteiger partial charge is 0.333 e. The molecule has 116 valence electrons. The average Bonchev–Trinajstić information content (AvgIpc) is 2.09. The van der Waals surface area contributed by atoms with E-state index in [1.54, 1.807) is 0 Å². The highest BCUT2D eigenvalue weighted by Gasteiger charge is 2.38. The number of alkyl halides is 8. The Morgan fingerprint density at radius 3 is 1.11 bits per heavy atom. The van der Waals surface area contributed by atoms with Crippen LogP contribution in [0.5, 0.6) is 0 Å². The van der Waals surface area contributed by atoms with Crippen molar-refractivity contribution in [3.05, 3.63) is 0 Å². The van der Waals surface area contributed by atoms with Crippen molar-refractivity contribution in [2.75, 3.05) is 13.2 Å². The van der Waals surface area contributed by atoms with Crippen molar-refractivity contribution in [3.63, 3.8) is 0 Å². The van der Waals surface area contributed by atoms with Crippen LogP contribution in [0.4, 0.5) is 0 Å². The van der Waals surface area contributed by atoms with Crippen molar-refractivity contribution in [3.8, 4) is 0 Å². The van der Waals surface area contributed by atoms with Crippen molar-refractivity contribution < 1.29 is 14.2 Å². The van der Waals surface area contributed by atoms with Gasteiger partial charge in [0.05, 0.1) is 13.2 Å². The molecule has 0 aliphatic heterocycles. The summed E-state index contributed by atoms with van der Waals surface area (Å²) in [6.07, 6.45) is 0. The van der Waals surface area contributed by atoms with Gasteiger partial charge in [-0.25, -0.2) is 0 Å². The summed E-state index contributed by atoms with van der Waals surface area (Å²) >= 11 is 44.8. The van der Waals surface area contributed by atoms with Crippen LogP contribution in [0.15, 0.2) is 0 Å². The van der Waals surface area contributed by atoms with Gasteiger partial charge in [-0.2, -0.15) is 0 Å². The summed E-state index contributed by atoms with van der Waals surface area (Å²) in [4.78, 5) is 0. The summed E-state index contributed by atoms with van der Waals surface area (Å²) in [5, 5.41) is -3.40. The summed E-state index contributed by atoms with van der Waals surface area (Å²) < 4.78 is 11.9. The molecule has 0 saturated heterocycles. The Balaban J connectivity index is 4.37. The lowest BCUT2D eigenvalue weighted by molar-refractivity contribution is -0.276. The van der Waals surface area contributed by atoms with Gasteiger partial charge in [0.25, 0.3) is 0 Å². The lowest BCUT2D eigenvalue weighted by Crippen LogP contribution is -2.40. The zero-order valence-corrected chi connectivity index (χ0v) is 15.7. The van der Waals surface area contributed by atoms with Crippen LogP contribution in [-0.4, -0.2) is 31.3 Å². The Bertz CT molecular complexity index is 255. The molecular formula is C8H10Cl8O3. The van der Waals surface area contributed by atoms with Gasteiger partial charge in [0.15, 0.2) is 0 Å². The van der Waals surface area contributed by atoms with Crippen molar-refractivity contribution in [1.29, 1.82) is 0 Å². The van der Waals surface area contributed by atoms with E-state index < -0.39 is 18.1 Å². The number of hydrogen-bond donors (Lipinski definition) is 0. The summed E-state index contributed by atoms with van der Waals surface area (Å²) in [5.41, 5.74) is 0. The second-order valence-electron chi connectivity index (χ2n) is 3.58. The molecule has 0 spiro atoms. The van der Waals surface area contributed by atoms with E-state index in [1.165, 1.54) is 13.8 Å². The smallest absolute Gasteiger partial charge is 0.248 e. The molecule has 0 aromatic carbocycles. The molecule has 2 unspecified atom stereocenters. The molecule has 0 amide bonds. The first-order valence-electron chi connectivity index (χ1n) is 4.61. The molecule has 19 heavy (non-hydrogen) atoms. The topological polar surface area (TPSA) is 27.7 Å². The zero-order valence-electron chi connectivity index (χ0n) is 9.66. The molecule has 0 bridgehead atoms. The summed E-state index contributed by atoms with van der Waals surface area (Å²) in [6.45, 7) is 2.03. The van der Waals surface area contributed by atoms with Gasteiger partial charge >= 0.3 is 0 Å². The van der Waals surface area contributed by atoms with Gasteiger partial charge in [-0.05, 0) is 0 Å². The number of halogens is 8. The average molecular weight is 438 g/mol. The molecule has 2 atom stereocenters. The highest BCUT2D eigenvalue weighted by atomic mass is 35.6. The predicted molar refractivity (Wildman–Crippen MR) is 82.1 cm³/mol. The number of hydrogen-bond acceptors (Lipinski definition) is 3. The van der Waals surface area contributed by atoms with Crippen LogP contribution in [0, 0.1) is 0 Å². The molecule has 0 aliphatic rings. The fourth-order valence-corrected chi connectivity index (χ4v) is 1.58. The van der Waals surface area contributed by atoms with E-state index in [2.05, 4.69) is 0 Å². The van der Waals surface area contributed by atoms with E-state index in [4.69, 9.17) is 107 Å². The van der Waals surface area contributed by atoms with Gasteiger partial charge < -0.3 is 9.47 Å². The quantitative estimate of drug-likeness (QED) is 0.400. The van der Waals surface area contributed by atoms with Gasteiger partial charge in [0.1, 0.15) is 0 Å². The van der Waals surface area contributed by atoms with Crippen molar-refractivity contribution in [2.24, 2.45) is 0 Å². The van der Waals surface area contributed by atoms with E-state index in [0.29, 0.717) is 0 Å². The fourth-order valence-electron chi connectivity index (χ4n) is 0.806. The van der Waals surface area contributed by atoms with Crippen LogP contribution < -0.4 is 0 Å². The van der Waals surface area contributed by atoms with Gasteiger partial charge in [-0.3, -0.25) is 4.74 Å². The lowest BCUT2D eigenvalue weighted by Gasteiger charge is -2.33. The first-order chi connectivity index (χ1) is 8.12. The highest BCUT2D eigenvalue weighted by Crippen LogP contribution is 2.35. The van der Waals surface area contributed by atoms with E-state index >= 15 is 0 Å². The normalized spacial score (nSPS) is 19.9. The maximum atomic E-state index is 5.89. The van der Waals surface area contributed by atoms with E-state index in [-0.39, 0.29) is 13.2 Å². The molecule has 0 saturated carbocycles. The highest BCUT2D eigenvalue weighted by molar-refractivity contribution is 6.68. The summed E-state index contributed by atoms with van der Waals surface area (Å²) in [5.74, 6) is 0. The van der Waals surface area contributed by atoms with Crippen LogP contribution >= 0.6 is 92.8 Å². The van der Waals surface area contributed by atoms with E-state index in [0.717, 1.165) is 0 Å². The fraction of sp³-hybridized carbons (Fsp3) is 1.00. The Hall–Kier alpha value is 2.20. The monoisotopic (exact) mass is 434 g/mol. The molecule has 0 aromatic rings. The third kappa shape index (κ3) is 13.6. The summed E-state index contributed by atoms with van der Waals surface area (Å²) in [7, 11) is 0. The molecule has 0 aromatic heterocycles. The van der Waals surface area contributed by atoms with Crippen molar-refractivity contribution in [1.82, 2.24) is 0 Å². The maximum absolute atomic E-state index is 5.89. The van der Waals surface area contributed by atoms with E-state index in [1.807, 2.05) is 0 Å². The molecule has 0 fully saturated rings. The first-order valence-corrected chi connectivity index (χ1v) is 7.64. The third-order valence-electron chi connectivity index (χ3n) is 1.35. The van der Waals surface area contributed by atoms with E-state index in [9.17, 15) is 0 Å². The first kappa shape index (κ1) is 21.2. The molecule has 0 aliphatic carbocycles. The Morgan fingerprint density at radius 2 is 0.895 bits per heavy atom. The molecule has 0 radical (unpaired) electrons. The summed E-state index contributed by atoms with van der Waals surface area (Å²) in [6, 6.07) is 0. The number of ether oxygens (including phenoxy) is 3. The maximum Gasteiger partial charge on any atom is 0.248 e. The molecule has 11 heteroatoms. The molecular weight excluding hydrogens is 428 g/mol. The van der Waals surface area contributed by atoms with Crippen LogP contribution in [-0.2, 0) is 14.2 Å². The third-order valence-corrected chi connectivity index (χ3v) is 2.38. The minimum atomic E-state index is -1.70. The minimum absolute atomic E-state index is 0.324. The number of rotatable bonds is 6. The molecule has 0 rings (SSSR count). The SMILES string of the molecule is CC(Cl)(OCC(Cl)(Cl)Cl)OC(C)(Cl)OCC(Cl)(Cl)Cl. The van der Waals surface area contributed by atoms with Gasteiger partial charge in [-0.1, -0.05) is 92.8 Å². The second kappa shape index (κ2) is 7.65. The molecule has 0 N–H and O–H groups in total. The van der Waals surface area contributed by atoms with Crippen molar-refractivity contribution in [2.45, 2.75) is 31.9 Å². The second-order valence-corrected chi connectivity index (χ2v) is 9.98. The zero-order chi connectivity index (χ0) is 15.5. The molecule has 0 heterocycles.